The van der Waals surface area contributed by atoms with Gasteiger partial charge in [0.1, 0.15) is 0 Å². The lowest BCUT2D eigenvalue weighted by Gasteiger charge is -2.23. The Balaban J connectivity index is 1.72. The molecule has 0 amide bonds. The fourth-order valence-electron chi connectivity index (χ4n) is 2.64. The molecule has 128 valence electrons. The number of benzene rings is 2. The van der Waals surface area contributed by atoms with Gasteiger partial charge < -0.3 is 4.90 Å². The minimum absolute atomic E-state index is 0.698. The first-order chi connectivity index (χ1) is 12.2. The van der Waals surface area contributed by atoms with Crippen LogP contribution in [-0.2, 0) is 20.6 Å². The summed E-state index contributed by atoms with van der Waals surface area (Å²) in [5.74, 6) is 0.698. The third-order valence-electron chi connectivity index (χ3n) is 4.07. The SMILES string of the molecule is CCN(Cc1ccccc1)c1ccc(N=Nc2n(C)nc[n+]2C)cc1. The van der Waals surface area contributed by atoms with E-state index in [0.29, 0.717) is 5.95 Å². The van der Waals surface area contributed by atoms with E-state index in [1.807, 2.05) is 36.9 Å². The number of anilines is 1. The van der Waals surface area contributed by atoms with Crippen molar-refractivity contribution in [1.29, 1.82) is 0 Å². The van der Waals surface area contributed by atoms with E-state index in [2.05, 4.69) is 63.5 Å². The summed E-state index contributed by atoms with van der Waals surface area (Å²) in [5, 5.41) is 12.7. The molecule has 0 radical (unpaired) electrons. The highest BCUT2D eigenvalue weighted by Crippen LogP contribution is 2.22. The first-order valence-electron chi connectivity index (χ1n) is 8.35. The van der Waals surface area contributed by atoms with Gasteiger partial charge in [0.15, 0.2) is 0 Å². The molecule has 0 saturated carbocycles. The fourth-order valence-corrected chi connectivity index (χ4v) is 2.64. The molecular weight excluding hydrogens is 312 g/mol. The van der Waals surface area contributed by atoms with Gasteiger partial charge >= 0.3 is 5.95 Å². The standard InChI is InChI=1S/C19H23N6/c1-4-25(14-16-8-6-5-7-9-16)18-12-10-17(11-13-18)21-22-19-23(2)15-20-24(19)3/h5-13,15H,4,14H2,1-3H3/q+1. The molecule has 1 aromatic heterocycles. The smallest absolute Gasteiger partial charge is 0.367 e. The van der Waals surface area contributed by atoms with Crippen molar-refractivity contribution < 1.29 is 4.57 Å². The molecule has 0 unspecified atom stereocenters. The van der Waals surface area contributed by atoms with Gasteiger partial charge in [-0.05, 0) is 41.9 Å². The van der Waals surface area contributed by atoms with Crippen LogP contribution in [0.3, 0.4) is 0 Å². The molecule has 0 aliphatic carbocycles. The van der Waals surface area contributed by atoms with E-state index in [1.54, 1.807) is 11.0 Å². The van der Waals surface area contributed by atoms with Crippen molar-refractivity contribution in [3.05, 3.63) is 66.5 Å². The second kappa shape index (κ2) is 7.70. The minimum Gasteiger partial charge on any atom is -0.367 e. The number of aromatic nitrogens is 3. The molecule has 0 fully saturated rings. The van der Waals surface area contributed by atoms with Crippen LogP contribution in [0.2, 0.25) is 0 Å². The van der Waals surface area contributed by atoms with E-state index in [0.717, 1.165) is 18.8 Å². The molecule has 6 nitrogen and oxygen atoms in total. The van der Waals surface area contributed by atoms with Crippen LogP contribution in [-0.4, -0.2) is 16.3 Å². The van der Waals surface area contributed by atoms with Crippen LogP contribution >= 0.6 is 0 Å². The van der Waals surface area contributed by atoms with E-state index >= 15 is 0 Å². The van der Waals surface area contributed by atoms with E-state index in [9.17, 15) is 0 Å². The van der Waals surface area contributed by atoms with Crippen molar-refractivity contribution in [2.75, 3.05) is 11.4 Å². The third kappa shape index (κ3) is 4.09. The van der Waals surface area contributed by atoms with E-state index in [1.165, 1.54) is 11.3 Å². The number of aryl methyl sites for hydroxylation is 2. The second-order valence-corrected chi connectivity index (χ2v) is 5.88. The van der Waals surface area contributed by atoms with Crippen molar-refractivity contribution in [3.63, 3.8) is 0 Å². The molecule has 3 rings (SSSR count). The highest BCUT2D eigenvalue weighted by atomic mass is 15.4. The summed E-state index contributed by atoms with van der Waals surface area (Å²) in [6.45, 7) is 4.00. The molecule has 0 spiro atoms. The lowest BCUT2D eigenvalue weighted by molar-refractivity contribution is -0.659. The summed E-state index contributed by atoms with van der Waals surface area (Å²) in [6.07, 6.45) is 1.71. The van der Waals surface area contributed by atoms with Gasteiger partial charge in [0.05, 0.1) is 19.8 Å². The van der Waals surface area contributed by atoms with Gasteiger partial charge in [-0.3, -0.25) is 0 Å². The summed E-state index contributed by atoms with van der Waals surface area (Å²) in [4.78, 5) is 2.33. The van der Waals surface area contributed by atoms with Crippen LogP contribution in [0.1, 0.15) is 12.5 Å². The number of nitrogens with zero attached hydrogens (tertiary/aromatic N) is 6. The number of hydrogen-bond acceptors (Lipinski definition) is 4. The lowest BCUT2D eigenvalue weighted by atomic mass is 10.2. The maximum absolute atomic E-state index is 4.31. The minimum atomic E-state index is 0.698. The van der Waals surface area contributed by atoms with Crippen molar-refractivity contribution in [2.24, 2.45) is 24.3 Å². The van der Waals surface area contributed by atoms with Crippen LogP contribution in [0.15, 0.2) is 71.2 Å². The summed E-state index contributed by atoms with van der Waals surface area (Å²) < 4.78 is 3.52. The molecule has 2 aromatic carbocycles. The van der Waals surface area contributed by atoms with Crippen LogP contribution < -0.4 is 9.47 Å². The molecule has 0 saturated heterocycles. The van der Waals surface area contributed by atoms with E-state index < -0.39 is 0 Å². The van der Waals surface area contributed by atoms with Crippen molar-refractivity contribution >= 4 is 17.3 Å². The Morgan fingerprint density at radius 1 is 1.04 bits per heavy atom. The molecule has 0 N–H and O–H groups in total. The Labute approximate surface area is 148 Å². The number of hydrogen-bond donors (Lipinski definition) is 0. The Hall–Kier alpha value is -3.02. The maximum atomic E-state index is 4.31. The molecule has 3 aromatic rings. The monoisotopic (exact) mass is 335 g/mol. The van der Waals surface area contributed by atoms with Crippen LogP contribution in [0.4, 0.5) is 17.3 Å². The normalized spacial score (nSPS) is 11.2. The predicted molar refractivity (Wildman–Crippen MR) is 98.2 cm³/mol. The molecule has 0 atom stereocenters. The zero-order valence-electron chi connectivity index (χ0n) is 14.9. The molecule has 0 aliphatic heterocycles. The van der Waals surface area contributed by atoms with Gasteiger partial charge in [0.2, 0.25) is 6.33 Å². The van der Waals surface area contributed by atoms with Gasteiger partial charge in [-0.15, -0.1) is 4.68 Å². The molecular formula is C19H23N6+. The van der Waals surface area contributed by atoms with E-state index in [-0.39, 0.29) is 0 Å². The molecule has 25 heavy (non-hydrogen) atoms. The largest absolute Gasteiger partial charge is 0.403 e. The van der Waals surface area contributed by atoms with Gasteiger partial charge in [-0.25, -0.2) is 4.57 Å². The topological polar surface area (TPSA) is 49.7 Å². The molecule has 1 heterocycles. The van der Waals surface area contributed by atoms with Gasteiger partial charge in [-0.2, -0.15) is 0 Å². The summed E-state index contributed by atoms with van der Waals surface area (Å²) in [5.41, 5.74) is 3.30. The summed E-state index contributed by atoms with van der Waals surface area (Å²) in [6, 6.07) is 18.6. The fraction of sp³-hybridized carbons (Fsp3) is 0.263. The predicted octanol–water partition coefficient (Wildman–Crippen LogP) is 3.69. The van der Waals surface area contributed by atoms with Crippen LogP contribution in [0.5, 0.6) is 0 Å². The zero-order valence-corrected chi connectivity index (χ0v) is 14.9. The quantitative estimate of drug-likeness (QED) is 0.509. The number of azo groups is 1. The van der Waals surface area contributed by atoms with Crippen LogP contribution in [0, 0.1) is 0 Å². The average molecular weight is 335 g/mol. The summed E-state index contributed by atoms with van der Waals surface area (Å²) in [7, 11) is 3.74. The second-order valence-electron chi connectivity index (χ2n) is 5.88. The van der Waals surface area contributed by atoms with Crippen molar-refractivity contribution in [1.82, 2.24) is 9.78 Å². The third-order valence-corrected chi connectivity index (χ3v) is 4.07. The Kier molecular flexibility index (Phi) is 5.18. The summed E-state index contributed by atoms with van der Waals surface area (Å²) >= 11 is 0. The van der Waals surface area contributed by atoms with Crippen molar-refractivity contribution in [2.45, 2.75) is 13.5 Å². The van der Waals surface area contributed by atoms with Gasteiger partial charge in [0.25, 0.3) is 0 Å². The first kappa shape index (κ1) is 16.8. The first-order valence-corrected chi connectivity index (χ1v) is 8.35. The van der Waals surface area contributed by atoms with Crippen LogP contribution in [0.25, 0.3) is 0 Å². The molecule has 6 heteroatoms. The van der Waals surface area contributed by atoms with E-state index in [4.69, 9.17) is 0 Å². The average Bonchev–Trinajstić information content (AvgIpc) is 2.97. The zero-order chi connectivity index (χ0) is 17.6. The molecule has 0 bridgehead atoms. The molecule has 0 aliphatic rings. The Morgan fingerprint density at radius 3 is 2.36 bits per heavy atom. The lowest BCUT2D eigenvalue weighted by Crippen LogP contribution is -2.25. The number of rotatable bonds is 6. The Morgan fingerprint density at radius 2 is 1.76 bits per heavy atom. The van der Waals surface area contributed by atoms with Crippen molar-refractivity contribution in [3.8, 4) is 0 Å². The van der Waals surface area contributed by atoms with Gasteiger partial charge in [-0.1, -0.05) is 35.4 Å². The van der Waals surface area contributed by atoms with Gasteiger partial charge in [0, 0.05) is 23.9 Å². The maximum Gasteiger partial charge on any atom is 0.403 e. The highest BCUT2D eigenvalue weighted by molar-refractivity contribution is 5.53. The highest BCUT2D eigenvalue weighted by Gasteiger charge is 2.11. The Bertz CT molecular complexity index is 817.